The van der Waals surface area contributed by atoms with Crippen molar-refractivity contribution < 1.29 is 14.6 Å². The van der Waals surface area contributed by atoms with Crippen LogP contribution in [0.15, 0.2) is 27.0 Å². The van der Waals surface area contributed by atoms with Crippen molar-refractivity contribution in [3.63, 3.8) is 0 Å². The lowest BCUT2D eigenvalue weighted by Crippen LogP contribution is -2.51. The number of carbonyl (C=O) groups excluding carboxylic acids is 1. The summed E-state index contributed by atoms with van der Waals surface area (Å²) in [4.78, 5) is 47.7. The first-order chi connectivity index (χ1) is 8.79. The van der Waals surface area contributed by atoms with Crippen LogP contribution in [0.2, 0.25) is 0 Å². The third kappa shape index (κ3) is 2.88. The average molecular weight is 271 g/mol. The minimum absolute atomic E-state index is 0.416. The van der Waals surface area contributed by atoms with Gasteiger partial charge < -0.3 is 9.84 Å². The van der Waals surface area contributed by atoms with Crippen molar-refractivity contribution in [3.8, 4) is 0 Å². The third-order valence-electron chi connectivity index (χ3n) is 2.25. The highest BCUT2D eigenvalue weighted by molar-refractivity contribution is 5.81. The fourth-order valence-electron chi connectivity index (χ4n) is 1.42. The van der Waals surface area contributed by atoms with E-state index in [-0.39, 0.29) is 0 Å². The van der Waals surface area contributed by atoms with Crippen molar-refractivity contribution >= 4 is 5.97 Å². The van der Waals surface area contributed by atoms with Crippen LogP contribution in [0.25, 0.3) is 0 Å². The molecule has 2 N–H and O–H groups in total. The van der Waals surface area contributed by atoms with Crippen LogP contribution in [0.3, 0.4) is 0 Å². The Bertz CT molecular complexity index is 665. The number of hydrogen-bond donors (Lipinski definition) is 2. The summed E-state index contributed by atoms with van der Waals surface area (Å²) >= 11 is 0. The number of rotatable bonds is 4. The number of aliphatic hydroxyl groups is 1. The van der Waals surface area contributed by atoms with Crippen molar-refractivity contribution in [2.24, 2.45) is 0 Å². The first-order valence-corrected chi connectivity index (χ1v) is 5.28. The second kappa shape index (κ2) is 5.48. The van der Waals surface area contributed by atoms with Crippen LogP contribution in [0.5, 0.6) is 0 Å². The molecule has 9 nitrogen and oxygen atoms in total. The van der Waals surface area contributed by atoms with Crippen LogP contribution < -0.4 is 17.1 Å². The molecule has 19 heavy (non-hydrogen) atoms. The lowest BCUT2D eigenvalue weighted by atomic mass is 10.5. The molecule has 0 saturated heterocycles. The number of ether oxygens (including phenoxy) is 1. The Morgan fingerprint density at radius 1 is 1.32 bits per heavy atom. The summed E-state index contributed by atoms with van der Waals surface area (Å²) in [6, 6.07) is 0. The molecule has 0 spiro atoms. The van der Waals surface area contributed by atoms with Gasteiger partial charge in [0.2, 0.25) is 0 Å². The van der Waals surface area contributed by atoms with Crippen molar-refractivity contribution in [2.75, 3.05) is 0 Å². The molecule has 0 aliphatic heterocycles. The van der Waals surface area contributed by atoms with Crippen molar-refractivity contribution in [1.29, 1.82) is 0 Å². The molecule has 0 amide bonds. The van der Waals surface area contributed by atoms with E-state index in [1.165, 1.54) is 13.8 Å². The van der Waals surface area contributed by atoms with Gasteiger partial charge in [-0.05, 0) is 13.8 Å². The minimum Gasteiger partial charge on any atom is -0.438 e. The number of aromatic amines is 1. The first kappa shape index (κ1) is 14.6. The molecule has 0 aliphatic rings. The van der Waals surface area contributed by atoms with Gasteiger partial charge in [-0.15, -0.1) is 0 Å². The van der Waals surface area contributed by atoms with E-state index in [0.29, 0.717) is 9.13 Å². The van der Waals surface area contributed by atoms with Crippen LogP contribution in [-0.4, -0.2) is 25.2 Å². The SMILES string of the molecule is C=CC(=O)OC(C)n1c(=O)[nH]c(=O)n(C(C)O)c1=O. The normalized spacial score (nSPS) is 13.6. The highest BCUT2D eigenvalue weighted by atomic mass is 16.6. The van der Waals surface area contributed by atoms with E-state index < -0.39 is 35.5 Å². The van der Waals surface area contributed by atoms with Gasteiger partial charge in [0, 0.05) is 6.08 Å². The van der Waals surface area contributed by atoms with E-state index in [4.69, 9.17) is 4.74 Å². The Labute approximate surface area is 106 Å². The summed E-state index contributed by atoms with van der Waals surface area (Å²) in [5.41, 5.74) is -3.19. The molecule has 1 rings (SSSR count). The number of nitrogens with zero attached hydrogens (tertiary/aromatic N) is 2. The predicted octanol–water partition coefficient (Wildman–Crippen LogP) is -1.54. The molecule has 2 unspecified atom stereocenters. The molecule has 0 aliphatic carbocycles. The van der Waals surface area contributed by atoms with Crippen LogP contribution in [0, 0.1) is 0 Å². The molecular weight excluding hydrogens is 258 g/mol. The first-order valence-electron chi connectivity index (χ1n) is 5.28. The average Bonchev–Trinajstić information content (AvgIpc) is 2.26. The molecule has 0 saturated carbocycles. The molecule has 104 valence electrons. The second-order valence-electron chi connectivity index (χ2n) is 3.63. The smallest absolute Gasteiger partial charge is 0.341 e. The maximum atomic E-state index is 11.9. The van der Waals surface area contributed by atoms with Gasteiger partial charge in [-0.25, -0.2) is 28.3 Å². The third-order valence-corrected chi connectivity index (χ3v) is 2.25. The summed E-state index contributed by atoms with van der Waals surface area (Å²) in [6.07, 6.45) is -1.83. The summed E-state index contributed by atoms with van der Waals surface area (Å²) < 4.78 is 5.62. The van der Waals surface area contributed by atoms with Crippen LogP contribution in [0.4, 0.5) is 0 Å². The summed E-state index contributed by atoms with van der Waals surface area (Å²) in [6.45, 7) is 5.60. The summed E-state index contributed by atoms with van der Waals surface area (Å²) in [5.74, 6) is -0.839. The van der Waals surface area contributed by atoms with Gasteiger partial charge in [0.1, 0.15) is 6.23 Å². The Hall–Kier alpha value is -2.42. The lowest BCUT2D eigenvalue weighted by molar-refractivity contribution is -0.146. The summed E-state index contributed by atoms with van der Waals surface area (Å²) in [5, 5.41) is 9.31. The Morgan fingerprint density at radius 3 is 2.32 bits per heavy atom. The van der Waals surface area contributed by atoms with Gasteiger partial charge in [-0.2, -0.15) is 0 Å². The fraction of sp³-hybridized carbons (Fsp3) is 0.400. The Kier molecular flexibility index (Phi) is 4.22. The molecule has 0 bridgehead atoms. The van der Waals surface area contributed by atoms with Crippen LogP contribution >= 0.6 is 0 Å². The van der Waals surface area contributed by atoms with Gasteiger partial charge in [-0.1, -0.05) is 6.58 Å². The number of nitrogens with one attached hydrogen (secondary N) is 1. The predicted molar refractivity (Wildman–Crippen MR) is 63.5 cm³/mol. The molecule has 1 aromatic rings. The monoisotopic (exact) mass is 271 g/mol. The molecule has 1 heterocycles. The highest BCUT2D eigenvalue weighted by Crippen LogP contribution is 2.01. The van der Waals surface area contributed by atoms with Crippen molar-refractivity contribution in [1.82, 2.24) is 14.1 Å². The highest BCUT2D eigenvalue weighted by Gasteiger charge is 2.19. The molecule has 1 aromatic heterocycles. The lowest BCUT2D eigenvalue weighted by Gasteiger charge is -2.16. The number of aliphatic hydroxyl groups excluding tert-OH is 1. The van der Waals surface area contributed by atoms with E-state index >= 15 is 0 Å². The molecule has 0 fully saturated rings. The van der Waals surface area contributed by atoms with Gasteiger partial charge in [-0.3, -0.25) is 4.98 Å². The van der Waals surface area contributed by atoms with E-state index in [1.54, 1.807) is 0 Å². The van der Waals surface area contributed by atoms with E-state index in [0.717, 1.165) is 6.08 Å². The number of hydrogen-bond acceptors (Lipinski definition) is 6. The topological polar surface area (TPSA) is 123 Å². The standard InChI is InChI=1S/C10H13N3O6/c1-4-7(15)19-6(3)13-9(17)11-8(16)12(5(2)14)10(13)18/h4-6,14H,1H2,2-3H3,(H,11,16,17). The Balaban J connectivity index is 3.45. The quantitative estimate of drug-likeness (QED) is 0.505. The van der Waals surface area contributed by atoms with Gasteiger partial charge in [0.05, 0.1) is 0 Å². The number of carbonyl (C=O) groups is 1. The zero-order valence-electron chi connectivity index (χ0n) is 10.3. The number of H-pyrrole nitrogens is 1. The number of esters is 1. The second-order valence-corrected chi connectivity index (χ2v) is 3.63. The van der Waals surface area contributed by atoms with Gasteiger partial charge in [0.25, 0.3) is 0 Å². The molecular formula is C10H13N3O6. The Morgan fingerprint density at radius 2 is 1.84 bits per heavy atom. The van der Waals surface area contributed by atoms with Crippen LogP contribution in [-0.2, 0) is 9.53 Å². The van der Waals surface area contributed by atoms with Crippen molar-refractivity contribution in [3.05, 3.63) is 44.1 Å². The maximum absolute atomic E-state index is 11.9. The number of aromatic nitrogens is 3. The minimum atomic E-state index is -1.44. The molecule has 9 heteroatoms. The molecule has 0 radical (unpaired) electrons. The largest absolute Gasteiger partial charge is 0.438 e. The van der Waals surface area contributed by atoms with Gasteiger partial charge >= 0.3 is 23.0 Å². The zero-order valence-corrected chi connectivity index (χ0v) is 10.3. The molecule has 2 atom stereocenters. The maximum Gasteiger partial charge on any atom is 0.341 e. The molecule has 0 aromatic carbocycles. The zero-order chi connectivity index (χ0) is 14.7. The van der Waals surface area contributed by atoms with E-state index in [1.807, 2.05) is 4.98 Å². The van der Waals surface area contributed by atoms with Crippen molar-refractivity contribution in [2.45, 2.75) is 26.3 Å². The van der Waals surface area contributed by atoms with E-state index in [9.17, 15) is 24.3 Å². The summed E-state index contributed by atoms with van der Waals surface area (Å²) in [7, 11) is 0. The van der Waals surface area contributed by atoms with Gasteiger partial charge in [0.15, 0.2) is 6.23 Å². The fourth-order valence-corrected chi connectivity index (χ4v) is 1.42. The van der Waals surface area contributed by atoms with Crippen LogP contribution in [0.1, 0.15) is 26.3 Å². The van der Waals surface area contributed by atoms with E-state index in [2.05, 4.69) is 6.58 Å².